The highest BCUT2D eigenvalue weighted by molar-refractivity contribution is 6.33. The molecule has 48 heavy (non-hydrogen) atoms. The van der Waals surface area contributed by atoms with Crippen LogP contribution in [0.4, 0.5) is 15.8 Å². The predicted molar refractivity (Wildman–Crippen MR) is 185 cm³/mol. The fourth-order valence-electron chi connectivity index (χ4n) is 6.23. The number of rotatable bonds is 4. The van der Waals surface area contributed by atoms with Gasteiger partial charge in [0.2, 0.25) is 0 Å². The van der Waals surface area contributed by atoms with Crippen LogP contribution in [-0.4, -0.2) is 73.0 Å². The maximum absolute atomic E-state index is 13.3. The van der Waals surface area contributed by atoms with Crippen molar-refractivity contribution in [3.63, 3.8) is 0 Å². The van der Waals surface area contributed by atoms with Gasteiger partial charge in [-0.25, -0.2) is 24.5 Å². The Morgan fingerprint density at radius 3 is 1.73 bits per heavy atom. The van der Waals surface area contributed by atoms with Gasteiger partial charge in [0.05, 0.1) is 72.5 Å². The second-order valence-electron chi connectivity index (χ2n) is 11.8. The molecule has 2 aromatic rings. The minimum Gasteiger partial charge on any atom is -0.397 e. The number of fused-ring (bicyclic) bond motifs is 4. The molecule has 0 saturated carbocycles. The SMILES string of the molecule is CON1C=C2C=NC3=C(N2C1)N(c1ccc(F)cc1)CC(C)=C3N.CON1C=C2C=NC3=C(N2C1)N(c1ccccc1Cl)CC(C)=C3N. The lowest BCUT2D eigenvalue weighted by Gasteiger charge is -2.40. The zero-order valence-corrected chi connectivity index (χ0v) is 27.8. The maximum Gasteiger partial charge on any atom is 0.144 e. The number of hydrogen-bond donors (Lipinski definition) is 2. The molecular weight excluding hydrogens is 635 g/mol. The number of benzene rings is 2. The molecule has 12 nitrogen and oxygen atoms in total. The number of nitrogens with two attached hydrogens (primary N) is 2. The monoisotopic (exact) mass is 670 g/mol. The number of halogens is 2. The molecule has 0 aromatic heterocycles. The third-order valence-corrected chi connectivity index (χ3v) is 9.13. The van der Waals surface area contributed by atoms with Crippen LogP contribution in [0.2, 0.25) is 5.02 Å². The van der Waals surface area contributed by atoms with E-state index < -0.39 is 0 Å². The number of hydroxylamine groups is 4. The summed E-state index contributed by atoms with van der Waals surface area (Å²) in [4.78, 5) is 28.3. The lowest BCUT2D eigenvalue weighted by Crippen LogP contribution is -2.43. The molecule has 6 aliphatic heterocycles. The number of aliphatic imine (C=N–C) groups is 2. The Kier molecular flexibility index (Phi) is 8.11. The largest absolute Gasteiger partial charge is 0.397 e. The number of anilines is 2. The molecule has 248 valence electrons. The van der Waals surface area contributed by atoms with Gasteiger partial charge in [-0.15, -0.1) is 0 Å². The smallest absolute Gasteiger partial charge is 0.144 e. The van der Waals surface area contributed by atoms with Gasteiger partial charge >= 0.3 is 0 Å². The summed E-state index contributed by atoms with van der Waals surface area (Å²) >= 11 is 6.45. The van der Waals surface area contributed by atoms with E-state index in [0.29, 0.717) is 37.1 Å². The van der Waals surface area contributed by atoms with Crippen LogP contribution < -0.4 is 21.3 Å². The molecule has 0 radical (unpaired) electrons. The molecule has 0 amide bonds. The van der Waals surface area contributed by atoms with Crippen LogP contribution >= 0.6 is 11.6 Å². The van der Waals surface area contributed by atoms with E-state index in [-0.39, 0.29) is 5.82 Å². The zero-order valence-electron chi connectivity index (χ0n) is 27.1. The van der Waals surface area contributed by atoms with Crippen LogP contribution in [0.5, 0.6) is 0 Å². The van der Waals surface area contributed by atoms with Crippen molar-refractivity contribution in [3.8, 4) is 0 Å². The van der Waals surface area contributed by atoms with Crippen molar-refractivity contribution in [1.29, 1.82) is 0 Å². The molecule has 0 aliphatic carbocycles. The number of para-hydroxylation sites is 1. The Labute approximate surface area is 283 Å². The molecule has 0 spiro atoms. The molecule has 0 saturated heterocycles. The standard InChI is InChI=1S/C17H18ClN5O.C17H18FN5O/c1-11-8-22(14-6-4-3-5-13(14)18)17-16(15(11)19)20-7-12-9-21(24-2)10-23(12)17;1-11-8-22(13-5-3-12(18)4-6-13)17-16(15(11)19)20-7-14-9-21(24-2)10-23(14)17/h2*3-7,9H,8,10,19H2,1-2H3. The average molecular weight is 671 g/mol. The number of nitrogens with zero attached hydrogens (tertiary/aromatic N) is 8. The molecular formula is C34H36ClFN10O2. The normalized spacial score (nSPS) is 19.8. The van der Waals surface area contributed by atoms with Gasteiger partial charge in [0, 0.05) is 18.8 Å². The van der Waals surface area contributed by atoms with Crippen LogP contribution in [0, 0.1) is 5.82 Å². The first-order valence-corrected chi connectivity index (χ1v) is 15.7. The molecule has 14 heteroatoms. The van der Waals surface area contributed by atoms with Gasteiger partial charge in [-0.1, -0.05) is 23.7 Å². The summed E-state index contributed by atoms with van der Waals surface area (Å²) in [7, 11) is 3.27. The Hall–Kier alpha value is -5.24. The van der Waals surface area contributed by atoms with Gasteiger partial charge in [-0.3, -0.25) is 9.68 Å². The van der Waals surface area contributed by atoms with Crippen molar-refractivity contribution < 1.29 is 14.1 Å². The van der Waals surface area contributed by atoms with E-state index in [4.69, 9.17) is 32.7 Å². The minimum atomic E-state index is -0.259. The van der Waals surface area contributed by atoms with Crippen molar-refractivity contribution >= 4 is 35.4 Å². The first-order chi connectivity index (χ1) is 23.2. The van der Waals surface area contributed by atoms with Crippen LogP contribution in [0.25, 0.3) is 0 Å². The van der Waals surface area contributed by atoms with E-state index in [9.17, 15) is 4.39 Å². The fourth-order valence-corrected chi connectivity index (χ4v) is 6.46. The summed E-state index contributed by atoms with van der Waals surface area (Å²) < 4.78 is 13.3. The van der Waals surface area contributed by atoms with Crippen molar-refractivity contribution in [2.45, 2.75) is 13.8 Å². The van der Waals surface area contributed by atoms with E-state index in [1.807, 2.05) is 56.7 Å². The molecule has 0 fully saturated rings. The molecule has 6 aliphatic rings. The van der Waals surface area contributed by atoms with Gasteiger partial charge < -0.3 is 31.1 Å². The van der Waals surface area contributed by atoms with Gasteiger partial charge in [0.15, 0.2) is 0 Å². The third-order valence-electron chi connectivity index (χ3n) is 8.81. The van der Waals surface area contributed by atoms with E-state index in [1.54, 1.807) is 42.7 Å². The Bertz CT molecular complexity index is 1910. The third kappa shape index (κ3) is 5.35. The molecule has 0 bridgehead atoms. The molecule has 0 atom stereocenters. The van der Waals surface area contributed by atoms with E-state index in [2.05, 4.69) is 29.6 Å². The summed E-state index contributed by atoms with van der Waals surface area (Å²) in [5, 5.41) is 4.17. The van der Waals surface area contributed by atoms with Crippen molar-refractivity contribution in [2.24, 2.45) is 21.5 Å². The zero-order chi connectivity index (χ0) is 33.7. The van der Waals surface area contributed by atoms with Crippen molar-refractivity contribution in [3.05, 3.63) is 129 Å². The number of hydrogen-bond acceptors (Lipinski definition) is 12. The number of allylic oxidation sites excluding steroid dienone is 2. The maximum atomic E-state index is 13.3. The van der Waals surface area contributed by atoms with Gasteiger partial charge in [-0.2, -0.15) is 0 Å². The van der Waals surface area contributed by atoms with Crippen molar-refractivity contribution in [2.75, 3.05) is 50.4 Å². The van der Waals surface area contributed by atoms with Crippen LogP contribution in [-0.2, 0) is 9.68 Å². The highest BCUT2D eigenvalue weighted by Crippen LogP contribution is 2.40. The van der Waals surface area contributed by atoms with E-state index >= 15 is 0 Å². The Morgan fingerprint density at radius 2 is 1.21 bits per heavy atom. The van der Waals surface area contributed by atoms with E-state index in [1.165, 1.54) is 12.1 Å². The van der Waals surface area contributed by atoms with Gasteiger partial charge in [-0.05, 0) is 61.4 Å². The lowest BCUT2D eigenvalue weighted by atomic mass is 10.1. The molecule has 8 rings (SSSR count). The predicted octanol–water partition coefficient (Wildman–Crippen LogP) is 4.73. The summed E-state index contributed by atoms with van der Waals surface area (Å²) in [5.74, 6) is 1.56. The highest BCUT2D eigenvalue weighted by atomic mass is 35.5. The molecule has 4 N–H and O–H groups in total. The molecule has 2 aromatic carbocycles. The van der Waals surface area contributed by atoms with Crippen molar-refractivity contribution in [1.82, 2.24) is 19.9 Å². The van der Waals surface area contributed by atoms with Gasteiger partial charge in [0.1, 0.15) is 42.2 Å². The quantitative estimate of drug-likeness (QED) is 0.473. The summed E-state index contributed by atoms with van der Waals surface area (Å²) in [6, 6.07) is 14.3. The van der Waals surface area contributed by atoms with Crippen LogP contribution in [0.3, 0.4) is 0 Å². The Morgan fingerprint density at radius 1 is 0.708 bits per heavy atom. The minimum absolute atomic E-state index is 0.259. The first kappa shape index (κ1) is 31.4. The fraction of sp³-hybridized carbons (Fsp3) is 0.235. The Balaban J connectivity index is 0.000000152. The lowest BCUT2D eigenvalue weighted by molar-refractivity contribution is -0.0951. The van der Waals surface area contributed by atoms with Crippen LogP contribution in [0.15, 0.2) is 128 Å². The van der Waals surface area contributed by atoms with E-state index in [0.717, 1.165) is 62.6 Å². The topological polar surface area (TPSA) is 115 Å². The van der Waals surface area contributed by atoms with Crippen LogP contribution in [0.1, 0.15) is 13.8 Å². The van der Waals surface area contributed by atoms with Gasteiger partial charge in [0.25, 0.3) is 0 Å². The highest BCUT2D eigenvalue weighted by Gasteiger charge is 2.38. The summed E-state index contributed by atoms with van der Waals surface area (Å²) in [6.07, 6.45) is 7.40. The second kappa shape index (κ2) is 12.4. The first-order valence-electron chi connectivity index (χ1n) is 15.3. The summed E-state index contributed by atoms with van der Waals surface area (Å²) in [6.45, 7) is 6.42. The summed E-state index contributed by atoms with van der Waals surface area (Å²) in [5.41, 5.74) is 21.3. The molecule has 6 heterocycles. The average Bonchev–Trinajstić information content (AvgIpc) is 3.73. The molecule has 0 unspecified atom stereocenters. The second-order valence-corrected chi connectivity index (χ2v) is 12.2.